The predicted octanol–water partition coefficient (Wildman–Crippen LogP) is 3.05. The van der Waals surface area contributed by atoms with Gasteiger partial charge < -0.3 is 19.5 Å². The zero-order valence-electron chi connectivity index (χ0n) is 21.9. The number of carbonyl (C=O) groups is 1. The molecule has 0 saturated carbocycles. The van der Waals surface area contributed by atoms with Crippen LogP contribution in [0.1, 0.15) is 29.9 Å². The number of nitrogens with zero attached hydrogens (tertiary/aromatic N) is 4. The number of hydrogen-bond acceptors (Lipinski definition) is 9. The lowest BCUT2D eigenvalue weighted by Crippen LogP contribution is -2.40. The molecule has 1 N–H and O–H groups in total. The lowest BCUT2D eigenvalue weighted by atomic mass is 10.2. The molecule has 13 nitrogen and oxygen atoms in total. The van der Waals surface area contributed by atoms with Crippen LogP contribution in [0.2, 0.25) is 0 Å². The molecule has 2 heterocycles. The summed E-state index contributed by atoms with van der Waals surface area (Å²) in [5.74, 6) is 0.0728. The van der Waals surface area contributed by atoms with E-state index in [1.165, 1.54) is 22.2 Å². The molecule has 1 saturated heterocycles. The van der Waals surface area contributed by atoms with Crippen LogP contribution in [-0.4, -0.2) is 72.8 Å². The summed E-state index contributed by atoms with van der Waals surface area (Å²) in [4.78, 5) is 23.4. The first kappa shape index (κ1) is 28.0. The molecule has 0 bridgehead atoms. The molecule has 0 radical (unpaired) electrons. The van der Waals surface area contributed by atoms with E-state index < -0.39 is 26.5 Å². The maximum Gasteiger partial charge on any atom is 0.272 e. The number of nitro benzene ring substituents is 1. The summed E-state index contributed by atoms with van der Waals surface area (Å²) >= 11 is 0. The molecule has 14 heteroatoms. The summed E-state index contributed by atoms with van der Waals surface area (Å²) in [5, 5.41) is 18.8. The van der Waals surface area contributed by atoms with E-state index in [0.717, 1.165) is 12.1 Å². The van der Waals surface area contributed by atoms with Crippen LogP contribution in [0.5, 0.6) is 17.4 Å². The summed E-state index contributed by atoms with van der Waals surface area (Å²) in [5.41, 5.74) is 0.523. The minimum absolute atomic E-state index is 0.0707. The van der Waals surface area contributed by atoms with Crippen molar-refractivity contribution in [1.29, 1.82) is 0 Å². The predicted molar refractivity (Wildman–Crippen MR) is 140 cm³/mol. The zero-order valence-corrected chi connectivity index (χ0v) is 22.7. The van der Waals surface area contributed by atoms with Crippen LogP contribution < -0.4 is 14.8 Å². The van der Waals surface area contributed by atoms with Gasteiger partial charge in [-0.15, -0.1) is 0 Å². The van der Waals surface area contributed by atoms with Crippen molar-refractivity contribution in [1.82, 2.24) is 19.4 Å². The van der Waals surface area contributed by atoms with Gasteiger partial charge in [-0.25, -0.2) is 8.42 Å². The highest BCUT2D eigenvalue weighted by Gasteiger charge is 2.32. The Labute approximate surface area is 225 Å². The fraction of sp³-hybridized carbons (Fsp3) is 0.360. The monoisotopic (exact) mass is 559 g/mol. The Kier molecular flexibility index (Phi) is 8.18. The molecule has 4 rings (SSSR count). The molecule has 1 fully saturated rings. The molecule has 0 unspecified atom stereocenters. The first-order valence-corrected chi connectivity index (χ1v) is 13.6. The van der Waals surface area contributed by atoms with Crippen molar-refractivity contribution in [2.45, 2.75) is 31.7 Å². The Balaban J connectivity index is 1.86. The van der Waals surface area contributed by atoms with Crippen molar-refractivity contribution in [3.8, 4) is 23.1 Å². The van der Waals surface area contributed by atoms with Gasteiger partial charge in [0.2, 0.25) is 15.9 Å². The van der Waals surface area contributed by atoms with Crippen LogP contribution in [-0.2, 0) is 14.8 Å². The van der Waals surface area contributed by atoms with Crippen molar-refractivity contribution in [3.05, 3.63) is 63.8 Å². The molecule has 1 amide bonds. The molecule has 1 aromatic heterocycles. The zero-order chi connectivity index (χ0) is 28.3. The number of morpholine rings is 1. The minimum atomic E-state index is -4.20. The molecule has 0 atom stereocenters. The maximum absolute atomic E-state index is 13.6. The number of rotatable bonds is 9. The van der Waals surface area contributed by atoms with Gasteiger partial charge in [0.05, 0.1) is 30.9 Å². The highest BCUT2D eigenvalue weighted by atomic mass is 32.2. The SMILES string of the molecule is COc1ccc(-n2nc(C(=O)NC(C)C)c(C)c2Oc2ccc([N+](=O)[O-])cc2S(=O)(=O)N2CCOCC2)cc1. The summed E-state index contributed by atoms with van der Waals surface area (Å²) < 4.78 is 46.4. The van der Waals surface area contributed by atoms with Crippen LogP contribution in [0.15, 0.2) is 47.4 Å². The number of nitro groups is 1. The number of sulfonamides is 1. The van der Waals surface area contributed by atoms with Crippen molar-refractivity contribution in [2.24, 2.45) is 0 Å². The first-order chi connectivity index (χ1) is 18.5. The quantitative estimate of drug-likeness (QED) is 0.308. The number of non-ortho nitro benzene ring substituents is 1. The average molecular weight is 560 g/mol. The molecule has 208 valence electrons. The largest absolute Gasteiger partial charge is 0.497 e. The van der Waals surface area contributed by atoms with Crippen molar-refractivity contribution in [3.63, 3.8) is 0 Å². The molecule has 0 spiro atoms. The number of carbonyl (C=O) groups excluding carboxylic acids is 1. The van der Waals surface area contributed by atoms with Gasteiger partial charge in [0.15, 0.2) is 5.69 Å². The fourth-order valence-electron chi connectivity index (χ4n) is 3.97. The van der Waals surface area contributed by atoms with Gasteiger partial charge in [-0.1, -0.05) is 0 Å². The average Bonchev–Trinajstić information content (AvgIpc) is 3.24. The molecule has 1 aliphatic heterocycles. The van der Waals surface area contributed by atoms with Crippen LogP contribution in [0.4, 0.5) is 5.69 Å². The molecular weight excluding hydrogens is 530 g/mol. The molecule has 0 aliphatic carbocycles. The molecule has 3 aromatic rings. The smallest absolute Gasteiger partial charge is 0.272 e. The Bertz CT molecular complexity index is 1480. The van der Waals surface area contributed by atoms with Crippen LogP contribution in [0, 0.1) is 17.0 Å². The number of benzene rings is 2. The highest BCUT2D eigenvalue weighted by molar-refractivity contribution is 7.89. The molecule has 39 heavy (non-hydrogen) atoms. The number of amides is 1. The molecule has 2 aromatic carbocycles. The lowest BCUT2D eigenvalue weighted by Gasteiger charge is -2.26. The van der Waals surface area contributed by atoms with E-state index in [2.05, 4.69) is 10.4 Å². The fourth-order valence-corrected chi connectivity index (χ4v) is 5.51. The van der Waals surface area contributed by atoms with E-state index in [9.17, 15) is 23.3 Å². The van der Waals surface area contributed by atoms with Crippen molar-refractivity contribution < 1.29 is 32.3 Å². The third kappa shape index (κ3) is 5.87. The van der Waals surface area contributed by atoms with Gasteiger partial charge in [-0.3, -0.25) is 14.9 Å². The van der Waals surface area contributed by atoms with Gasteiger partial charge in [-0.2, -0.15) is 14.1 Å². The lowest BCUT2D eigenvalue weighted by molar-refractivity contribution is -0.385. The number of methoxy groups -OCH3 is 1. The van der Waals surface area contributed by atoms with Gasteiger partial charge in [0.25, 0.3) is 11.6 Å². The minimum Gasteiger partial charge on any atom is -0.497 e. The first-order valence-electron chi connectivity index (χ1n) is 12.1. The Morgan fingerprint density at radius 2 is 1.82 bits per heavy atom. The number of aromatic nitrogens is 2. The summed E-state index contributed by atoms with van der Waals surface area (Å²) in [7, 11) is -2.67. The third-order valence-corrected chi connectivity index (χ3v) is 7.87. The summed E-state index contributed by atoms with van der Waals surface area (Å²) in [6.45, 7) is 5.82. The Morgan fingerprint density at radius 3 is 2.41 bits per heavy atom. The molecule has 1 aliphatic rings. The summed E-state index contributed by atoms with van der Waals surface area (Å²) in [6, 6.07) is 9.98. The van der Waals surface area contributed by atoms with Crippen LogP contribution in [0.3, 0.4) is 0 Å². The standard InChI is InChI=1S/C25H29N5O8S/c1-16(2)26-24(31)23-17(3)25(29(27-23)18-5-8-20(36-4)9-6-18)38-21-10-7-19(30(32)33)15-22(21)39(34,35)28-11-13-37-14-12-28/h5-10,15-16H,11-14H2,1-4H3,(H,26,31). The van der Waals surface area contributed by atoms with Crippen molar-refractivity contribution in [2.75, 3.05) is 33.4 Å². The van der Waals surface area contributed by atoms with Crippen LogP contribution >= 0.6 is 0 Å². The van der Waals surface area contributed by atoms with Crippen molar-refractivity contribution >= 4 is 21.6 Å². The van der Waals surface area contributed by atoms with E-state index in [1.54, 1.807) is 31.2 Å². The third-order valence-electron chi connectivity index (χ3n) is 5.95. The van der Waals surface area contributed by atoms with Gasteiger partial charge in [0, 0.05) is 36.8 Å². The van der Waals surface area contributed by atoms with E-state index in [0.29, 0.717) is 17.0 Å². The normalized spacial score (nSPS) is 14.3. The maximum atomic E-state index is 13.6. The van der Waals surface area contributed by atoms with E-state index in [4.69, 9.17) is 14.2 Å². The topological polar surface area (TPSA) is 155 Å². The summed E-state index contributed by atoms with van der Waals surface area (Å²) in [6.07, 6.45) is 0. The number of ether oxygens (including phenoxy) is 3. The molecular formula is C25H29N5O8S. The Morgan fingerprint density at radius 1 is 1.15 bits per heavy atom. The second-order valence-electron chi connectivity index (χ2n) is 9.02. The van der Waals surface area contributed by atoms with Gasteiger partial charge >= 0.3 is 0 Å². The Hall–Kier alpha value is -4.01. The van der Waals surface area contributed by atoms with E-state index in [-0.39, 0.29) is 54.6 Å². The second-order valence-corrected chi connectivity index (χ2v) is 10.9. The second kappa shape index (κ2) is 11.4. The highest BCUT2D eigenvalue weighted by Crippen LogP contribution is 2.37. The van der Waals surface area contributed by atoms with E-state index in [1.807, 2.05) is 13.8 Å². The number of nitrogens with one attached hydrogen (secondary N) is 1. The number of hydrogen-bond donors (Lipinski definition) is 1. The van der Waals surface area contributed by atoms with Crippen LogP contribution in [0.25, 0.3) is 5.69 Å². The van der Waals surface area contributed by atoms with Gasteiger partial charge in [0.1, 0.15) is 16.4 Å². The van der Waals surface area contributed by atoms with E-state index >= 15 is 0 Å². The van der Waals surface area contributed by atoms with Gasteiger partial charge in [-0.05, 0) is 51.1 Å².